The van der Waals surface area contributed by atoms with Gasteiger partial charge >= 0.3 is 6.18 Å². The Bertz CT molecular complexity index is 450. The standard InChI is InChI=1S/C13H13F3O2/c1-2-4-11(17)8-12(18)9-5-3-6-10(7-9)13(14,15)16/h3,5-7H,2,4,8H2,1H3. The van der Waals surface area contributed by atoms with Crippen LogP contribution in [0.4, 0.5) is 13.2 Å². The second-order valence-electron chi connectivity index (χ2n) is 3.97. The van der Waals surface area contributed by atoms with Crippen molar-refractivity contribution in [2.24, 2.45) is 0 Å². The minimum Gasteiger partial charge on any atom is -0.299 e. The molecule has 0 fully saturated rings. The van der Waals surface area contributed by atoms with Crippen molar-refractivity contribution in [1.82, 2.24) is 0 Å². The average Bonchev–Trinajstić information content (AvgIpc) is 2.28. The largest absolute Gasteiger partial charge is 0.416 e. The first-order valence-corrected chi connectivity index (χ1v) is 5.56. The van der Waals surface area contributed by atoms with Gasteiger partial charge in [-0.2, -0.15) is 13.2 Å². The van der Waals surface area contributed by atoms with Crippen LogP contribution in [0.25, 0.3) is 0 Å². The maximum absolute atomic E-state index is 12.4. The lowest BCUT2D eigenvalue weighted by Crippen LogP contribution is -2.10. The topological polar surface area (TPSA) is 34.1 Å². The van der Waals surface area contributed by atoms with Gasteiger partial charge in [-0.05, 0) is 18.6 Å². The summed E-state index contributed by atoms with van der Waals surface area (Å²) in [5.41, 5.74) is -0.953. The number of Topliss-reactive ketones (excluding diaryl/α,β-unsaturated/α-hetero) is 2. The van der Waals surface area contributed by atoms with Crippen LogP contribution < -0.4 is 0 Å². The van der Waals surface area contributed by atoms with Crippen LogP contribution in [-0.4, -0.2) is 11.6 Å². The van der Waals surface area contributed by atoms with E-state index in [0.29, 0.717) is 6.42 Å². The fourth-order valence-electron chi connectivity index (χ4n) is 1.52. The quantitative estimate of drug-likeness (QED) is 0.596. The summed E-state index contributed by atoms with van der Waals surface area (Å²) < 4.78 is 37.3. The molecular weight excluding hydrogens is 245 g/mol. The number of carbonyl (C=O) groups is 2. The molecule has 0 saturated carbocycles. The van der Waals surface area contributed by atoms with Gasteiger partial charge in [0.2, 0.25) is 0 Å². The summed E-state index contributed by atoms with van der Waals surface area (Å²) in [6.45, 7) is 1.80. The third-order valence-corrected chi connectivity index (χ3v) is 2.40. The van der Waals surface area contributed by atoms with E-state index in [2.05, 4.69) is 0 Å². The van der Waals surface area contributed by atoms with Crippen LogP contribution in [0.5, 0.6) is 0 Å². The lowest BCUT2D eigenvalue weighted by Gasteiger charge is -2.07. The highest BCUT2D eigenvalue weighted by Gasteiger charge is 2.30. The molecule has 1 aromatic rings. The molecule has 1 aromatic carbocycles. The van der Waals surface area contributed by atoms with Gasteiger partial charge in [-0.25, -0.2) is 0 Å². The van der Waals surface area contributed by atoms with Crippen LogP contribution in [0, 0.1) is 0 Å². The normalized spacial score (nSPS) is 11.3. The second-order valence-corrected chi connectivity index (χ2v) is 3.97. The van der Waals surface area contributed by atoms with Crippen LogP contribution in [0.2, 0.25) is 0 Å². The van der Waals surface area contributed by atoms with E-state index in [9.17, 15) is 22.8 Å². The number of ketones is 2. The summed E-state index contributed by atoms with van der Waals surface area (Å²) >= 11 is 0. The fraction of sp³-hybridized carbons (Fsp3) is 0.385. The molecule has 18 heavy (non-hydrogen) atoms. The number of benzene rings is 1. The van der Waals surface area contributed by atoms with Gasteiger partial charge in [-0.15, -0.1) is 0 Å². The number of alkyl halides is 3. The first kappa shape index (κ1) is 14.4. The van der Waals surface area contributed by atoms with Crippen molar-refractivity contribution >= 4 is 11.6 Å². The molecule has 0 radical (unpaired) electrons. The molecule has 0 aliphatic rings. The van der Waals surface area contributed by atoms with E-state index in [1.165, 1.54) is 12.1 Å². The Morgan fingerprint density at radius 2 is 1.89 bits per heavy atom. The molecule has 5 heteroatoms. The molecule has 0 N–H and O–H groups in total. The number of hydrogen-bond donors (Lipinski definition) is 0. The molecule has 0 atom stereocenters. The molecule has 0 spiro atoms. The summed E-state index contributed by atoms with van der Waals surface area (Å²) in [7, 11) is 0. The van der Waals surface area contributed by atoms with Crippen LogP contribution in [0.1, 0.15) is 42.1 Å². The first-order chi connectivity index (χ1) is 8.34. The van der Waals surface area contributed by atoms with Gasteiger partial charge in [0, 0.05) is 12.0 Å². The number of halogens is 3. The second kappa shape index (κ2) is 5.80. The van der Waals surface area contributed by atoms with Crippen molar-refractivity contribution in [2.45, 2.75) is 32.4 Å². The smallest absolute Gasteiger partial charge is 0.299 e. The van der Waals surface area contributed by atoms with E-state index in [0.717, 1.165) is 12.1 Å². The molecule has 0 aromatic heterocycles. The minimum absolute atomic E-state index is 0.0747. The van der Waals surface area contributed by atoms with Crippen molar-refractivity contribution < 1.29 is 22.8 Å². The Morgan fingerprint density at radius 3 is 2.44 bits per heavy atom. The lowest BCUT2D eigenvalue weighted by atomic mass is 10.0. The Balaban J connectivity index is 2.84. The lowest BCUT2D eigenvalue weighted by molar-refractivity contribution is -0.137. The molecule has 0 bridgehead atoms. The van der Waals surface area contributed by atoms with Crippen LogP contribution >= 0.6 is 0 Å². The summed E-state index contributed by atoms with van der Waals surface area (Å²) in [5.74, 6) is -0.820. The maximum atomic E-state index is 12.4. The molecule has 0 amide bonds. The van der Waals surface area contributed by atoms with Crippen molar-refractivity contribution in [2.75, 3.05) is 0 Å². The molecule has 0 aliphatic heterocycles. The first-order valence-electron chi connectivity index (χ1n) is 5.56. The molecular formula is C13H13F3O2. The highest BCUT2D eigenvalue weighted by atomic mass is 19.4. The summed E-state index contributed by atoms with van der Waals surface area (Å²) in [5, 5.41) is 0. The van der Waals surface area contributed by atoms with E-state index >= 15 is 0 Å². The van der Waals surface area contributed by atoms with Gasteiger partial charge in [0.05, 0.1) is 12.0 Å². The van der Waals surface area contributed by atoms with Crippen molar-refractivity contribution in [3.63, 3.8) is 0 Å². The van der Waals surface area contributed by atoms with Crippen LogP contribution in [0.15, 0.2) is 24.3 Å². The Hall–Kier alpha value is -1.65. The highest BCUT2D eigenvalue weighted by molar-refractivity contribution is 6.08. The van der Waals surface area contributed by atoms with Crippen molar-refractivity contribution in [3.8, 4) is 0 Å². The number of hydrogen-bond acceptors (Lipinski definition) is 2. The zero-order chi connectivity index (χ0) is 13.8. The molecule has 0 saturated heterocycles. The molecule has 0 unspecified atom stereocenters. The minimum atomic E-state index is -4.48. The van der Waals surface area contributed by atoms with E-state index in [1.54, 1.807) is 6.92 Å². The van der Waals surface area contributed by atoms with Gasteiger partial charge < -0.3 is 0 Å². The van der Waals surface area contributed by atoms with Crippen LogP contribution in [-0.2, 0) is 11.0 Å². The maximum Gasteiger partial charge on any atom is 0.416 e. The van der Waals surface area contributed by atoms with E-state index < -0.39 is 17.5 Å². The Morgan fingerprint density at radius 1 is 1.22 bits per heavy atom. The van der Waals surface area contributed by atoms with Gasteiger partial charge in [-0.3, -0.25) is 9.59 Å². The van der Waals surface area contributed by atoms with E-state index in [1.807, 2.05) is 0 Å². The SMILES string of the molecule is CCCC(=O)CC(=O)c1cccc(C(F)(F)F)c1. The zero-order valence-corrected chi connectivity index (χ0v) is 9.88. The monoisotopic (exact) mass is 258 g/mol. The molecule has 2 nitrogen and oxygen atoms in total. The number of carbonyl (C=O) groups excluding carboxylic acids is 2. The fourth-order valence-corrected chi connectivity index (χ4v) is 1.52. The molecule has 1 rings (SSSR count). The third-order valence-electron chi connectivity index (χ3n) is 2.40. The van der Waals surface area contributed by atoms with Crippen molar-refractivity contribution in [3.05, 3.63) is 35.4 Å². The summed E-state index contributed by atoms with van der Waals surface area (Å²) in [4.78, 5) is 22.9. The molecule has 0 aliphatic carbocycles. The van der Waals surface area contributed by atoms with Crippen LogP contribution in [0.3, 0.4) is 0 Å². The predicted octanol–water partition coefficient (Wildman–Crippen LogP) is 3.65. The van der Waals surface area contributed by atoms with E-state index in [-0.39, 0.29) is 24.2 Å². The van der Waals surface area contributed by atoms with Gasteiger partial charge in [0.25, 0.3) is 0 Å². The molecule has 98 valence electrons. The third kappa shape index (κ3) is 3.98. The summed E-state index contributed by atoms with van der Waals surface area (Å²) in [6.07, 6.45) is -3.93. The van der Waals surface area contributed by atoms with E-state index in [4.69, 9.17) is 0 Å². The Labute approximate surface area is 103 Å². The molecule has 0 heterocycles. The number of rotatable bonds is 5. The predicted molar refractivity (Wildman–Crippen MR) is 60.3 cm³/mol. The van der Waals surface area contributed by atoms with Gasteiger partial charge in [-0.1, -0.05) is 19.1 Å². The zero-order valence-electron chi connectivity index (χ0n) is 9.88. The van der Waals surface area contributed by atoms with Gasteiger partial charge in [0.1, 0.15) is 5.78 Å². The van der Waals surface area contributed by atoms with Gasteiger partial charge in [0.15, 0.2) is 5.78 Å². The highest BCUT2D eigenvalue weighted by Crippen LogP contribution is 2.29. The van der Waals surface area contributed by atoms with Crippen molar-refractivity contribution in [1.29, 1.82) is 0 Å². The Kier molecular flexibility index (Phi) is 4.64. The summed E-state index contributed by atoms with van der Waals surface area (Å²) in [6, 6.07) is 4.13. The average molecular weight is 258 g/mol.